The third kappa shape index (κ3) is 2.19. The van der Waals surface area contributed by atoms with Crippen LogP contribution in [0, 0.1) is 0 Å². The minimum Gasteiger partial charge on any atom is -0.408 e. The Kier molecular flexibility index (Phi) is 3.16. The van der Waals surface area contributed by atoms with Crippen LogP contribution in [0.15, 0.2) is 27.4 Å². The van der Waals surface area contributed by atoms with Crippen molar-refractivity contribution < 1.29 is 9.15 Å². The summed E-state index contributed by atoms with van der Waals surface area (Å²) in [5, 5.41) is 0. The predicted molar refractivity (Wildman–Crippen MR) is 72.0 cm³/mol. The van der Waals surface area contributed by atoms with Crippen LogP contribution in [-0.2, 0) is 11.8 Å². The predicted octanol–water partition coefficient (Wildman–Crippen LogP) is 1.70. The minimum atomic E-state index is -0.352. The summed E-state index contributed by atoms with van der Waals surface area (Å²) < 4.78 is 12.4. The van der Waals surface area contributed by atoms with Gasteiger partial charge in [-0.15, -0.1) is 0 Å². The molecule has 102 valence electrons. The number of ether oxygens (including phenoxy) is 1. The maximum absolute atomic E-state index is 11.5. The number of aryl methyl sites for hydroxylation is 1. The zero-order valence-corrected chi connectivity index (χ0v) is 11.0. The highest BCUT2D eigenvalue weighted by Gasteiger charge is 2.23. The van der Waals surface area contributed by atoms with Crippen LogP contribution in [0.5, 0.6) is 0 Å². The summed E-state index contributed by atoms with van der Waals surface area (Å²) in [4.78, 5) is 11.5. The molecule has 2 atom stereocenters. The van der Waals surface area contributed by atoms with Crippen molar-refractivity contribution in [2.75, 3.05) is 6.61 Å². The number of aromatic nitrogens is 1. The van der Waals surface area contributed by atoms with Crippen molar-refractivity contribution in [3.8, 4) is 0 Å². The Balaban J connectivity index is 1.94. The van der Waals surface area contributed by atoms with E-state index in [1.54, 1.807) is 7.05 Å². The van der Waals surface area contributed by atoms with Crippen molar-refractivity contribution in [2.24, 2.45) is 12.8 Å². The van der Waals surface area contributed by atoms with E-state index < -0.39 is 0 Å². The Bertz CT molecular complexity index is 638. The van der Waals surface area contributed by atoms with Gasteiger partial charge in [0.25, 0.3) is 0 Å². The first-order valence-corrected chi connectivity index (χ1v) is 6.63. The van der Waals surface area contributed by atoms with Gasteiger partial charge >= 0.3 is 5.76 Å². The highest BCUT2D eigenvalue weighted by molar-refractivity contribution is 5.73. The van der Waals surface area contributed by atoms with Crippen LogP contribution in [0.25, 0.3) is 11.1 Å². The van der Waals surface area contributed by atoms with Gasteiger partial charge in [0.2, 0.25) is 0 Å². The molecule has 5 nitrogen and oxygen atoms in total. The van der Waals surface area contributed by atoms with Gasteiger partial charge in [0.15, 0.2) is 5.58 Å². The molecule has 1 aliphatic heterocycles. The lowest BCUT2D eigenvalue weighted by Crippen LogP contribution is -2.31. The summed E-state index contributed by atoms with van der Waals surface area (Å²) in [6.07, 6.45) is 3.30. The first-order chi connectivity index (χ1) is 9.16. The molecule has 1 fully saturated rings. The smallest absolute Gasteiger partial charge is 0.408 e. The van der Waals surface area contributed by atoms with E-state index in [1.807, 2.05) is 18.2 Å². The topological polar surface area (TPSA) is 70.4 Å². The number of rotatable bonds is 2. The van der Waals surface area contributed by atoms with Crippen molar-refractivity contribution in [3.05, 3.63) is 34.3 Å². The number of nitrogens with zero attached hydrogens (tertiary/aromatic N) is 1. The first kappa shape index (κ1) is 12.4. The highest BCUT2D eigenvalue weighted by atomic mass is 16.5. The van der Waals surface area contributed by atoms with E-state index >= 15 is 0 Å². The molecule has 2 aromatic rings. The Morgan fingerprint density at radius 2 is 2.26 bits per heavy atom. The summed E-state index contributed by atoms with van der Waals surface area (Å²) in [5.41, 5.74) is 8.57. The van der Waals surface area contributed by atoms with Crippen LogP contribution < -0.4 is 11.5 Å². The molecule has 1 aliphatic rings. The van der Waals surface area contributed by atoms with Gasteiger partial charge in [-0.1, -0.05) is 6.07 Å². The molecule has 19 heavy (non-hydrogen) atoms. The zero-order chi connectivity index (χ0) is 13.4. The van der Waals surface area contributed by atoms with Crippen LogP contribution in [-0.4, -0.2) is 17.3 Å². The van der Waals surface area contributed by atoms with Crippen molar-refractivity contribution in [3.63, 3.8) is 0 Å². The Morgan fingerprint density at radius 1 is 1.42 bits per heavy atom. The maximum atomic E-state index is 11.5. The van der Waals surface area contributed by atoms with Crippen LogP contribution in [0.2, 0.25) is 0 Å². The molecule has 2 N–H and O–H groups in total. The van der Waals surface area contributed by atoms with Gasteiger partial charge < -0.3 is 14.9 Å². The Hall–Kier alpha value is -1.59. The fourth-order valence-electron chi connectivity index (χ4n) is 2.62. The number of fused-ring (bicyclic) bond motifs is 1. The lowest BCUT2D eigenvalue weighted by Gasteiger charge is -2.28. The molecule has 0 bridgehead atoms. The summed E-state index contributed by atoms with van der Waals surface area (Å²) in [5.74, 6) is -0.352. The molecule has 0 saturated carbocycles. The average Bonchev–Trinajstić information content (AvgIpc) is 2.74. The van der Waals surface area contributed by atoms with E-state index in [1.165, 1.54) is 4.57 Å². The Morgan fingerprint density at radius 3 is 3.00 bits per heavy atom. The van der Waals surface area contributed by atoms with Gasteiger partial charge in [0.1, 0.15) is 0 Å². The van der Waals surface area contributed by atoms with Crippen LogP contribution in [0.3, 0.4) is 0 Å². The van der Waals surface area contributed by atoms with Gasteiger partial charge in [-0.05, 0) is 37.0 Å². The van der Waals surface area contributed by atoms with E-state index in [2.05, 4.69) is 0 Å². The molecule has 3 rings (SSSR count). The van der Waals surface area contributed by atoms with E-state index in [4.69, 9.17) is 14.9 Å². The normalized spacial score (nSPS) is 21.7. The molecule has 0 spiro atoms. The molecule has 0 radical (unpaired) electrons. The molecule has 5 heteroatoms. The fourth-order valence-corrected chi connectivity index (χ4v) is 2.62. The van der Waals surface area contributed by atoms with Crippen molar-refractivity contribution in [1.29, 1.82) is 0 Å². The fraction of sp³-hybridized carbons (Fsp3) is 0.500. The van der Waals surface area contributed by atoms with E-state index in [9.17, 15) is 4.79 Å². The second kappa shape index (κ2) is 4.83. The molecule has 2 heterocycles. The summed E-state index contributed by atoms with van der Waals surface area (Å²) in [6, 6.07) is 5.49. The van der Waals surface area contributed by atoms with E-state index in [-0.39, 0.29) is 17.9 Å². The molecule has 1 aromatic carbocycles. The van der Waals surface area contributed by atoms with Gasteiger partial charge in [0, 0.05) is 13.7 Å². The monoisotopic (exact) mass is 262 g/mol. The lowest BCUT2D eigenvalue weighted by molar-refractivity contribution is 0.0000273. The number of benzene rings is 1. The largest absolute Gasteiger partial charge is 0.419 e. The molecular weight excluding hydrogens is 244 g/mol. The second-order valence-corrected chi connectivity index (χ2v) is 5.08. The van der Waals surface area contributed by atoms with E-state index in [0.717, 1.165) is 36.9 Å². The molecule has 2 unspecified atom stereocenters. The van der Waals surface area contributed by atoms with Crippen LogP contribution in [0.1, 0.15) is 30.9 Å². The van der Waals surface area contributed by atoms with Crippen LogP contribution in [0.4, 0.5) is 0 Å². The SMILES string of the molecule is Cn1c(=O)oc2cc(C(N)C3CCCCO3)ccc21. The zero-order valence-electron chi connectivity index (χ0n) is 11.0. The van der Waals surface area contributed by atoms with Gasteiger partial charge in [-0.3, -0.25) is 4.57 Å². The lowest BCUT2D eigenvalue weighted by atomic mass is 9.96. The van der Waals surface area contributed by atoms with Gasteiger partial charge in [-0.2, -0.15) is 0 Å². The van der Waals surface area contributed by atoms with Crippen LogP contribution >= 0.6 is 0 Å². The molecule has 0 aliphatic carbocycles. The number of oxazole rings is 1. The van der Waals surface area contributed by atoms with Crippen molar-refractivity contribution >= 4 is 11.1 Å². The van der Waals surface area contributed by atoms with E-state index in [0.29, 0.717) is 5.58 Å². The maximum Gasteiger partial charge on any atom is 0.419 e. The molecule has 1 saturated heterocycles. The minimum absolute atomic E-state index is 0.0571. The van der Waals surface area contributed by atoms with Gasteiger partial charge in [0.05, 0.1) is 17.7 Å². The number of hydrogen-bond acceptors (Lipinski definition) is 4. The van der Waals surface area contributed by atoms with Crippen molar-refractivity contribution in [1.82, 2.24) is 4.57 Å². The highest BCUT2D eigenvalue weighted by Crippen LogP contribution is 2.26. The summed E-state index contributed by atoms with van der Waals surface area (Å²) in [7, 11) is 1.69. The molecular formula is C14H18N2O3. The molecule has 0 amide bonds. The van der Waals surface area contributed by atoms with Gasteiger partial charge in [-0.25, -0.2) is 4.79 Å². The third-order valence-corrected chi connectivity index (χ3v) is 3.82. The Labute approximate surface area is 111 Å². The summed E-state index contributed by atoms with van der Waals surface area (Å²) >= 11 is 0. The third-order valence-electron chi connectivity index (χ3n) is 3.82. The first-order valence-electron chi connectivity index (χ1n) is 6.63. The van der Waals surface area contributed by atoms with Crippen molar-refractivity contribution in [2.45, 2.75) is 31.4 Å². The number of hydrogen-bond donors (Lipinski definition) is 1. The second-order valence-electron chi connectivity index (χ2n) is 5.08. The summed E-state index contributed by atoms with van der Waals surface area (Å²) in [6.45, 7) is 0.779. The molecule has 1 aromatic heterocycles. The quantitative estimate of drug-likeness (QED) is 0.894. The standard InChI is InChI=1S/C14H18N2O3/c1-16-10-6-5-9(8-12(10)19-14(16)17)13(15)11-4-2-3-7-18-11/h5-6,8,11,13H,2-4,7,15H2,1H3. The average molecular weight is 262 g/mol. The number of nitrogens with two attached hydrogens (primary N) is 1.